The fourth-order valence-electron chi connectivity index (χ4n) is 2.87. The molecule has 2 fully saturated rings. The summed E-state index contributed by atoms with van der Waals surface area (Å²) in [5.74, 6) is 0.436. The first kappa shape index (κ1) is 14.7. The third kappa shape index (κ3) is 3.35. The Morgan fingerprint density at radius 3 is 2.91 bits per heavy atom. The Hall–Kier alpha value is -2.18. The fraction of sp³-hybridized carbons (Fsp3) is 0.600. The summed E-state index contributed by atoms with van der Waals surface area (Å²) in [7, 11) is 0. The molecule has 0 unspecified atom stereocenters. The summed E-state index contributed by atoms with van der Waals surface area (Å²) >= 11 is 0. The second kappa shape index (κ2) is 6.29. The number of ether oxygens (including phenoxy) is 1. The molecular formula is C15H20N4O3. The minimum Gasteiger partial charge on any atom is -0.471 e. The van der Waals surface area contributed by atoms with Crippen LogP contribution >= 0.6 is 0 Å². The summed E-state index contributed by atoms with van der Waals surface area (Å²) < 4.78 is 5.82. The number of hydrogen-bond donors (Lipinski definition) is 1. The van der Waals surface area contributed by atoms with E-state index >= 15 is 0 Å². The molecule has 1 aromatic heterocycles. The normalized spacial score (nSPS) is 25.0. The van der Waals surface area contributed by atoms with Crippen molar-refractivity contribution >= 4 is 11.8 Å². The topological polar surface area (TPSA) is 84.4 Å². The van der Waals surface area contributed by atoms with Crippen LogP contribution < -0.4 is 10.1 Å². The second-order valence-electron chi connectivity index (χ2n) is 5.84. The molecule has 1 aromatic rings. The Kier molecular flexibility index (Phi) is 4.22. The van der Waals surface area contributed by atoms with E-state index in [1.54, 1.807) is 11.0 Å². The average Bonchev–Trinajstić information content (AvgIpc) is 2.96. The highest BCUT2D eigenvalue weighted by atomic mass is 16.5. The van der Waals surface area contributed by atoms with Crippen LogP contribution in [0, 0.1) is 6.92 Å². The number of aryl methyl sites for hydroxylation is 1. The summed E-state index contributed by atoms with van der Waals surface area (Å²) in [5.41, 5.74) is 0.838. The van der Waals surface area contributed by atoms with Crippen LogP contribution in [0.3, 0.4) is 0 Å². The summed E-state index contributed by atoms with van der Waals surface area (Å²) in [6.45, 7) is 3.11. The van der Waals surface area contributed by atoms with Crippen LogP contribution in [-0.4, -0.2) is 52.1 Å². The molecule has 0 radical (unpaired) electrons. The molecule has 0 spiro atoms. The highest BCUT2D eigenvalue weighted by Gasteiger charge is 2.33. The molecular weight excluding hydrogens is 284 g/mol. The predicted molar refractivity (Wildman–Crippen MR) is 78.2 cm³/mol. The van der Waals surface area contributed by atoms with Gasteiger partial charge in [-0.3, -0.25) is 9.59 Å². The summed E-state index contributed by atoms with van der Waals surface area (Å²) in [6.07, 6.45) is 2.71. The molecule has 2 aliphatic heterocycles. The van der Waals surface area contributed by atoms with Crippen molar-refractivity contribution in [2.75, 3.05) is 13.1 Å². The number of carbonyl (C=O) groups is 2. The molecule has 2 aliphatic rings. The number of nitrogens with zero attached hydrogens (tertiary/aromatic N) is 3. The minimum absolute atomic E-state index is 0.00543. The molecule has 3 heterocycles. The van der Waals surface area contributed by atoms with Crippen molar-refractivity contribution < 1.29 is 14.3 Å². The van der Waals surface area contributed by atoms with E-state index in [0.717, 1.165) is 18.5 Å². The van der Waals surface area contributed by atoms with Gasteiger partial charge in [0.25, 0.3) is 0 Å². The lowest BCUT2D eigenvalue weighted by atomic mass is 10.1. The predicted octanol–water partition coefficient (Wildman–Crippen LogP) is 0.433. The van der Waals surface area contributed by atoms with Crippen LogP contribution in [0.4, 0.5) is 0 Å². The molecule has 7 nitrogen and oxygen atoms in total. The molecule has 2 atom stereocenters. The number of carbonyl (C=O) groups excluding carboxylic acids is 2. The summed E-state index contributed by atoms with van der Waals surface area (Å²) in [5, 5.41) is 10.7. The summed E-state index contributed by atoms with van der Waals surface area (Å²) in [6, 6.07) is 3.27. The van der Waals surface area contributed by atoms with Crippen molar-refractivity contribution in [2.45, 2.75) is 44.8 Å². The number of aromatic nitrogens is 2. The maximum absolute atomic E-state index is 12.4. The van der Waals surface area contributed by atoms with E-state index in [0.29, 0.717) is 31.8 Å². The van der Waals surface area contributed by atoms with E-state index in [1.807, 2.05) is 13.0 Å². The van der Waals surface area contributed by atoms with Crippen LogP contribution in [-0.2, 0) is 9.59 Å². The minimum atomic E-state index is -0.370. The van der Waals surface area contributed by atoms with Crippen molar-refractivity contribution in [3.8, 4) is 5.88 Å². The second-order valence-corrected chi connectivity index (χ2v) is 5.84. The molecule has 118 valence electrons. The van der Waals surface area contributed by atoms with Crippen LogP contribution in [0.2, 0.25) is 0 Å². The van der Waals surface area contributed by atoms with Gasteiger partial charge in [0.2, 0.25) is 17.7 Å². The lowest BCUT2D eigenvalue weighted by molar-refractivity contribution is -0.136. The van der Waals surface area contributed by atoms with Crippen LogP contribution in [0.1, 0.15) is 31.4 Å². The van der Waals surface area contributed by atoms with Crippen LogP contribution in [0.15, 0.2) is 12.1 Å². The van der Waals surface area contributed by atoms with Gasteiger partial charge in [0.05, 0.1) is 12.2 Å². The van der Waals surface area contributed by atoms with E-state index in [4.69, 9.17) is 4.74 Å². The highest BCUT2D eigenvalue weighted by Crippen LogP contribution is 2.19. The largest absolute Gasteiger partial charge is 0.471 e. The molecule has 7 heteroatoms. The van der Waals surface area contributed by atoms with Gasteiger partial charge in [0.1, 0.15) is 12.1 Å². The van der Waals surface area contributed by atoms with E-state index in [2.05, 4.69) is 15.5 Å². The van der Waals surface area contributed by atoms with Crippen LogP contribution in [0.5, 0.6) is 5.88 Å². The number of rotatable bonds is 3. The number of hydrogen-bond acceptors (Lipinski definition) is 5. The Morgan fingerprint density at radius 2 is 2.23 bits per heavy atom. The standard InChI is InChI=1S/C15H20N4O3/c1-10-4-7-14(18-17-10)22-11-3-2-8-19(9-11)15(21)12-5-6-13(20)16-12/h4,7,11-12H,2-3,5-6,8-9H2,1H3,(H,16,20)/t11-,12+/m1/s1. The first-order valence-corrected chi connectivity index (χ1v) is 7.67. The third-order valence-electron chi connectivity index (χ3n) is 4.04. The number of amides is 2. The van der Waals surface area contributed by atoms with Gasteiger partial charge in [-0.25, -0.2) is 0 Å². The van der Waals surface area contributed by atoms with Gasteiger partial charge in [0, 0.05) is 19.0 Å². The van der Waals surface area contributed by atoms with Gasteiger partial charge in [0.15, 0.2) is 0 Å². The smallest absolute Gasteiger partial charge is 0.245 e. The van der Waals surface area contributed by atoms with E-state index in [-0.39, 0.29) is 24.0 Å². The molecule has 0 saturated carbocycles. The van der Waals surface area contributed by atoms with E-state index < -0.39 is 0 Å². The van der Waals surface area contributed by atoms with Crippen molar-refractivity contribution in [2.24, 2.45) is 0 Å². The van der Waals surface area contributed by atoms with E-state index in [9.17, 15) is 9.59 Å². The lowest BCUT2D eigenvalue weighted by Crippen LogP contribution is -2.50. The van der Waals surface area contributed by atoms with E-state index in [1.165, 1.54) is 0 Å². The molecule has 0 bridgehead atoms. The van der Waals surface area contributed by atoms with Gasteiger partial charge in [-0.15, -0.1) is 5.10 Å². The van der Waals surface area contributed by atoms with Gasteiger partial charge in [-0.1, -0.05) is 0 Å². The number of piperidine rings is 1. The zero-order chi connectivity index (χ0) is 15.5. The first-order chi connectivity index (χ1) is 10.6. The maximum Gasteiger partial charge on any atom is 0.245 e. The molecule has 0 aliphatic carbocycles. The van der Waals surface area contributed by atoms with Gasteiger partial charge < -0.3 is 15.0 Å². The van der Waals surface area contributed by atoms with Crippen molar-refractivity contribution in [3.63, 3.8) is 0 Å². The molecule has 2 amide bonds. The van der Waals surface area contributed by atoms with Crippen molar-refractivity contribution in [3.05, 3.63) is 17.8 Å². The maximum atomic E-state index is 12.4. The first-order valence-electron chi connectivity index (χ1n) is 7.67. The monoisotopic (exact) mass is 304 g/mol. The Balaban J connectivity index is 1.58. The Labute approximate surface area is 129 Å². The highest BCUT2D eigenvalue weighted by molar-refractivity contribution is 5.90. The average molecular weight is 304 g/mol. The lowest BCUT2D eigenvalue weighted by Gasteiger charge is -2.33. The molecule has 22 heavy (non-hydrogen) atoms. The SMILES string of the molecule is Cc1ccc(O[C@@H]2CCCN(C(=O)[C@@H]3CCC(=O)N3)C2)nn1. The number of nitrogens with one attached hydrogen (secondary N) is 1. The Morgan fingerprint density at radius 1 is 1.36 bits per heavy atom. The molecule has 0 aromatic carbocycles. The van der Waals surface area contributed by atoms with Crippen molar-refractivity contribution in [1.82, 2.24) is 20.4 Å². The summed E-state index contributed by atoms with van der Waals surface area (Å²) in [4.78, 5) is 25.5. The van der Waals surface area contributed by atoms with Crippen LogP contribution in [0.25, 0.3) is 0 Å². The quantitative estimate of drug-likeness (QED) is 0.875. The number of likely N-dealkylation sites (tertiary alicyclic amines) is 1. The van der Waals surface area contributed by atoms with Gasteiger partial charge in [-0.05, 0) is 32.3 Å². The molecule has 2 saturated heterocycles. The zero-order valence-electron chi connectivity index (χ0n) is 12.6. The molecule has 3 rings (SSSR count). The Bertz CT molecular complexity index is 560. The molecule has 1 N–H and O–H groups in total. The van der Waals surface area contributed by atoms with Gasteiger partial charge >= 0.3 is 0 Å². The van der Waals surface area contributed by atoms with Crippen molar-refractivity contribution in [1.29, 1.82) is 0 Å². The fourth-order valence-corrected chi connectivity index (χ4v) is 2.87. The van der Waals surface area contributed by atoms with Gasteiger partial charge in [-0.2, -0.15) is 5.10 Å². The zero-order valence-corrected chi connectivity index (χ0v) is 12.6. The third-order valence-corrected chi connectivity index (χ3v) is 4.04.